The van der Waals surface area contributed by atoms with E-state index in [2.05, 4.69) is 11.6 Å². The van der Waals surface area contributed by atoms with Crippen LogP contribution in [0.15, 0.2) is 17.6 Å². The van der Waals surface area contributed by atoms with Crippen LogP contribution in [0.4, 0.5) is 0 Å². The minimum Gasteiger partial charge on any atom is -0.291 e. The average Bonchev–Trinajstić information content (AvgIpc) is 2.53. The van der Waals surface area contributed by atoms with Gasteiger partial charge in [0.1, 0.15) is 0 Å². The summed E-state index contributed by atoms with van der Waals surface area (Å²) in [4.78, 5) is 16.7. The third-order valence-electron chi connectivity index (χ3n) is 1.36. The molecule has 0 aliphatic carbocycles. The molecule has 0 bridgehead atoms. The lowest BCUT2D eigenvalue weighted by molar-refractivity contribution is -0.121. The Bertz CT molecular complexity index is 212. The van der Waals surface area contributed by atoms with Crippen LogP contribution < -0.4 is 0 Å². The van der Waals surface area contributed by atoms with Gasteiger partial charge >= 0.3 is 0 Å². The third-order valence-corrected chi connectivity index (χ3v) is 2.41. The average molecular weight is 170 g/mol. The molecule has 60 valence electrons. The molecule has 0 fully saturated rings. The normalized spacial score (nSPS) is 15.9. The molecule has 1 heterocycles. The number of hydrogen-bond donors (Lipinski definition) is 0. The molecule has 0 spiro atoms. The first-order valence-corrected chi connectivity index (χ1v) is 4.31. The Morgan fingerprint density at radius 3 is 3.09 bits per heavy atom. The molecule has 3 nitrogen and oxygen atoms in total. The molecule has 1 aliphatic heterocycles. The van der Waals surface area contributed by atoms with Crippen LogP contribution in [-0.2, 0) is 4.79 Å². The van der Waals surface area contributed by atoms with Crippen LogP contribution in [0.1, 0.15) is 0 Å². The van der Waals surface area contributed by atoms with Crippen LogP contribution in [0.2, 0.25) is 0 Å². The highest BCUT2D eigenvalue weighted by Gasteiger charge is 2.15. The lowest BCUT2D eigenvalue weighted by atomic mass is 10.5. The summed E-state index contributed by atoms with van der Waals surface area (Å²) in [5.74, 6) is 0.877. The van der Waals surface area contributed by atoms with Crippen LogP contribution >= 0.6 is 11.8 Å². The fraction of sp³-hybridized carbons (Fsp3) is 0.429. The Morgan fingerprint density at radius 2 is 2.64 bits per heavy atom. The van der Waals surface area contributed by atoms with E-state index in [4.69, 9.17) is 0 Å². The number of rotatable bonds is 1. The Hall–Kier alpha value is -0.770. The lowest BCUT2D eigenvalue weighted by Gasteiger charge is -2.12. The molecular weight excluding hydrogens is 160 g/mol. The van der Waals surface area contributed by atoms with E-state index in [0.717, 1.165) is 17.5 Å². The highest BCUT2D eigenvalue weighted by Crippen LogP contribution is 2.14. The monoisotopic (exact) mass is 170 g/mol. The van der Waals surface area contributed by atoms with Gasteiger partial charge in [0.05, 0.1) is 6.54 Å². The minimum atomic E-state index is -0.0989. The molecule has 0 aromatic carbocycles. The first kappa shape index (κ1) is 8.33. The topological polar surface area (TPSA) is 32.7 Å². The molecule has 0 unspecified atom stereocenters. The standard InChI is InChI=1S/C7H10N2OS/c1-3-6(10)9(2)7-8-4-5-11-7/h3H,1,4-5H2,2H3. The van der Waals surface area contributed by atoms with Crippen LogP contribution in [0.25, 0.3) is 0 Å². The summed E-state index contributed by atoms with van der Waals surface area (Å²) in [6.45, 7) is 4.21. The zero-order chi connectivity index (χ0) is 8.27. The highest BCUT2D eigenvalue weighted by molar-refractivity contribution is 8.14. The first-order chi connectivity index (χ1) is 5.25. The number of carbonyl (C=O) groups is 1. The zero-order valence-corrected chi connectivity index (χ0v) is 7.23. The summed E-state index contributed by atoms with van der Waals surface area (Å²) in [6.07, 6.45) is 1.29. The summed E-state index contributed by atoms with van der Waals surface area (Å²) >= 11 is 1.60. The molecule has 0 aromatic rings. The van der Waals surface area contributed by atoms with Crippen molar-refractivity contribution in [2.75, 3.05) is 19.3 Å². The Kier molecular flexibility index (Phi) is 2.70. The Balaban J connectivity index is 2.59. The van der Waals surface area contributed by atoms with Gasteiger partial charge in [-0.05, 0) is 6.08 Å². The van der Waals surface area contributed by atoms with Crippen molar-refractivity contribution in [3.63, 3.8) is 0 Å². The molecule has 0 saturated heterocycles. The molecule has 0 saturated carbocycles. The molecule has 11 heavy (non-hydrogen) atoms. The second kappa shape index (κ2) is 3.57. The maximum atomic E-state index is 11.0. The number of hydrogen-bond acceptors (Lipinski definition) is 3. The smallest absolute Gasteiger partial charge is 0.251 e. The van der Waals surface area contributed by atoms with E-state index in [1.807, 2.05) is 0 Å². The number of amides is 1. The summed E-state index contributed by atoms with van der Waals surface area (Å²) in [5.41, 5.74) is 0. The fourth-order valence-electron chi connectivity index (χ4n) is 0.758. The van der Waals surface area contributed by atoms with E-state index in [0.29, 0.717) is 0 Å². The number of aliphatic imine (C=N–C) groups is 1. The van der Waals surface area contributed by atoms with Crippen LogP contribution in [0.3, 0.4) is 0 Å². The summed E-state index contributed by atoms with van der Waals surface area (Å²) in [7, 11) is 1.71. The summed E-state index contributed by atoms with van der Waals surface area (Å²) in [6, 6.07) is 0. The fourth-order valence-corrected chi connectivity index (χ4v) is 1.59. The van der Waals surface area contributed by atoms with E-state index in [-0.39, 0.29) is 5.91 Å². The van der Waals surface area contributed by atoms with E-state index < -0.39 is 0 Å². The molecule has 0 aromatic heterocycles. The zero-order valence-electron chi connectivity index (χ0n) is 6.41. The van der Waals surface area contributed by atoms with E-state index in [1.54, 1.807) is 18.8 Å². The molecular formula is C7H10N2OS. The van der Waals surface area contributed by atoms with Crippen LogP contribution in [0, 0.1) is 0 Å². The predicted molar refractivity (Wildman–Crippen MR) is 47.7 cm³/mol. The van der Waals surface area contributed by atoms with Gasteiger partial charge in [0.2, 0.25) is 0 Å². The van der Waals surface area contributed by atoms with Gasteiger partial charge in [0.25, 0.3) is 5.91 Å². The van der Waals surface area contributed by atoms with Crippen molar-refractivity contribution in [3.05, 3.63) is 12.7 Å². The van der Waals surface area contributed by atoms with Crippen LogP contribution in [0.5, 0.6) is 0 Å². The van der Waals surface area contributed by atoms with Gasteiger partial charge in [0, 0.05) is 12.8 Å². The van der Waals surface area contributed by atoms with Gasteiger partial charge in [0.15, 0.2) is 5.17 Å². The van der Waals surface area contributed by atoms with Crippen molar-refractivity contribution in [1.82, 2.24) is 4.90 Å². The van der Waals surface area contributed by atoms with Crippen molar-refractivity contribution in [1.29, 1.82) is 0 Å². The quantitative estimate of drug-likeness (QED) is 0.543. The predicted octanol–water partition coefficient (Wildman–Crippen LogP) is 0.734. The maximum Gasteiger partial charge on any atom is 0.251 e. The van der Waals surface area contributed by atoms with Crippen molar-refractivity contribution >= 4 is 22.8 Å². The van der Waals surface area contributed by atoms with E-state index in [1.165, 1.54) is 11.0 Å². The Morgan fingerprint density at radius 1 is 1.91 bits per heavy atom. The molecule has 1 rings (SSSR count). The van der Waals surface area contributed by atoms with E-state index in [9.17, 15) is 4.79 Å². The van der Waals surface area contributed by atoms with Gasteiger partial charge in [-0.25, -0.2) is 0 Å². The van der Waals surface area contributed by atoms with Crippen molar-refractivity contribution < 1.29 is 4.79 Å². The maximum absolute atomic E-state index is 11.0. The summed E-state index contributed by atoms with van der Waals surface area (Å²) < 4.78 is 0. The van der Waals surface area contributed by atoms with Crippen LogP contribution in [-0.4, -0.2) is 35.3 Å². The van der Waals surface area contributed by atoms with Gasteiger partial charge in [-0.1, -0.05) is 18.3 Å². The summed E-state index contributed by atoms with van der Waals surface area (Å²) in [5, 5.41) is 0.801. The highest BCUT2D eigenvalue weighted by atomic mass is 32.2. The van der Waals surface area contributed by atoms with Gasteiger partial charge in [-0.2, -0.15) is 0 Å². The van der Waals surface area contributed by atoms with Gasteiger partial charge in [-0.3, -0.25) is 14.7 Å². The number of nitrogens with zero attached hydrogens (tertiary/aromatic N) is 2. The van der Waals surface area contributed by atoms with Crippen molar-refractivity contribution in [2.45, 2.75) is 0 Å². The molecule has 1 aliphatic rings. The number of likely N-dealkylation sites (N-methyl/N-ethyl adjacent to an activating group) is 1. The number of carbonyl (C=O) groups excluding carboxylic acids is 1. The molecule has 1 amide bonds. The Labute approximate surface area is 70.2 Å². The molecule has 0 N–H and O–H groups in total. The van der Waals surface area contributed by atoms with Crippen molar-refractivity contribution in [3.8, 4) is 0 Å². The molecule has 4 heteroatoms. The SMILES string of the molecule is C=CC(=O)N(C)C1=NCCS1. The van der Waals surface area contributed by atoms with Gasteiger partial charge < -0.3 is 0 Å². The largest absolute Gasteiger partial charge is 0.291 e. The molecule has 0 radical (unpaired) electrons. The minimum absolute atomic E-state index is 0.0989. The number of thioether (sulfide) groups is 1. The van der Waals surface area contributed by atoms with Crippen molar-refractivity contribution in [2.24, 2.45) is 4.99 Å². The third kappa shape index (κ3) is 1.83. The van der Waals surface area contributed by atoms with E-state index >= 15 is 0 Å². The number of amidine groups is 1. The molecule has 0 atom stereocenters. The second-order valence-corrected chi connectivity index (χ2v) is 3.18. The first-order valence-electron chi connectivity index (χ1n) is 3.33. The second-order valence-electron chi connectivity index (χ2n) is 2.11. The lowest BCUT2D eigenvalue weighted by Crippen LogP contribution is -2.28. The van der Waals surface area contributed by atoms with Gasteiger partial charge in [-0.15, -0.1) is 0 Å².